The fourth-order valence-corrected chi connectivity index (χ4v) is 4.29. The minimum absolute atomic E-state index is 0.403. The number of nitrogens with zero attached hydrogens (tertiary/aromatic N) is 4. The first-order valence-corrected chi connectivity index (χ1v) is 8.90. The first-order chi connectivity index (χ1) is 11.2. The van der Waals surface area contributed by atoms with Gasteiger partial charge in [0.25, 0.3) is 0 Å². The normalized spacial score (nSPS) is 18.8. The maximum absolute atomic E-state index is 4.74. The van der Waals surface area contributed by atoms with Crippen molar-refractivity contribution in [3.63, 3.8) is 0 Å². The summed E-state index contributed by atoms with van der Waals surface area (Å²) in [4.78, 5) is 8.53. The molecule has 1 aliphatic heterocycles. The van der Waals surface area contributed by atoms with Gasteiger partial charge in [-0.2, -0.15) is 5.10 Å². The highest BCUT2D eigenvalue weighted by Gasteiger charge is 2.30. The Morgan fingerprint density at radius 2 is 2.35 bits per heavy atom. The second-order valence-electron chi connectivity index (χ2n) is 6.23. The minimum atomic E-state index is 0.403. The molecule has 3 aromatic rings. The maximum Gasteiger partial charge on any atom is 0.126 e. The molecule has 0 unspecified atom stereocenters. The molecular weight excluding hydrogens is 306 g/mol. The van der Waals surface area contributed by atoms with E-state index in [1.54, 1.807) is 11.3 Å². The van der Waals surface area contributed by atoms with E-state index in [4.69, 9.17) is 4.98 Å². The van der Waals surface area contributed by atoms with Crippen molar-refractivity contribution >= 4 is 11.3 Å². The lowest BCUT2D eigenvalue weighted by molar-refractivity contribution is 0.237. The Morgan fingerprint density at radius 3 is 3.09 bits per heavy atom. The molecule has 1 saturated heterocycles. The molecule has 1 atom stereocenters. The molecule has 0 aromatic carbocycles. The van der Waals surface area contributed by atoms with Crippen molar-refractivity contribution in [1.29, 1.82) is 0 Å². The number of aromatic amines is 1. The summed E-state index contributed by atoms with van der Waals surface area (Å²) in [5.41, 5.74) is 3.52. The third-order valence-electron chi connectivity index (χ3n) is 4.55. The van der Waals surface area contributed by atoms with Crippen LogP contribution in [0.1, 0.15) is 36.0 Å². The van der Waals surface area contributed by atoms with Gasteiger partial charge in [0.15, 0.2) is 0 Å². The van der Waals surface area contributed by atoms with Gasteiger partial charge in [0.1, 0.15) is 5.82 Å². The van der Waals surface area contributed by atoms with E-state index in [9.17, 15) is 0 Å². The van der Waals surface area contributed by atoms with Crippen molar-refractivity contribution in [2.24, 2.45) is 7.05 Å². The van der Waals surface area contributed by atoms with Crippen LogP contribution in [0.25, 0.3) is 10.6 Å². The van der Waals surface area contributed by atoms with Crippen LogP contribution in [0.5, 0.6) is 0 Å². The summed E-state index contributed by atoms with van der Waals surface area (Å²) in [6, 6.07) is 4.63. The Morgan fingerprint density at radius 1 is 1.43 bits per heavy atom. The van der Waals surface area contributed by atoms with Crippen LogP contribution in [0.15, 0.2) is 29.9 Å². The Balaban J connectivity index is 1.59. The van der Waals surface area contributed by atoms with Crippen molar-refractivity contribution < 1.29 is 0 Å². The summed E-state index contributed by atoms with van der Waals surface area (Å²) in [6.07, 6.45) is 6.48. The molecule has 0 amide bonds. The highest BCUT2D eigenvalue weighted by Crippen LogP contribution is 2.34. The predicted octanol–water partition coefficient (Wildman–Crippen LogP) is 3.52. The molecule has 1 N–H and O–H groups in total. The third kappa shape index (κ3) is 2.72. The van der Waals surface area contributed by atoms with E-state index in [0.717, 1.165) is 24.5 Å². The molecule has 6 heteroatoms. The fourth-order valence-electron chi connectivity index (χ4n) is 3.54. The third-order valence-corrected chi connectivity index (χ3v) is 5.44. The van der Waals surface area contributed by atoms with E-state index in [2.05, 4.69) is 57.3 Å². The molecular formula is C17H21N5S. The van der Waals surface area contributed by atoms with Crippen LogP contribution in [0.2, 0.25) is 0 Å². The summed E-state index contributed by atoms with van der Waals surface area (Å²) in [5.74, 6) is 1.18. The van der Waals surface area contributed by atoms with Crippen molar-refractivity contribution in [3.8, 4) is 10.6 Å². The summed E-state index contributed by atoms with van der Waals surface area (Å²) in [7, 11) is 2.10. The van der Waals surface area contributed by atoms with Crippen LogP contribution in [-0.2, 0) is 13.6 Å². The summed E-state index contributed by atoms with van der Waals surface area (Å²) in [6.45, 7) is 4.10. The fraction of sp³-hybridized carbons (Fsp3) is 0.412. The molecule has 3 aromatic heterocycles. The highest BCUT2D eigenvalue weighted by molar-refractivity contribution is 7.13. The Labute approximate surface area is 140 Å². The Kier molecular flexibility index (Phi) is 3.79. The number of H-pyrrole nitrogens is 1. The molecule has 5 nitrogen and oxygen atoms in total. The minimum Gasteiger partial charge on any atom is -0.336 e. The smallest absolute Gasteiger partial charge is 0.126 e. The van der Waals surface area contributed by atoms with Gasteiger partial charge in [0.2, 0.25) is 0 Å². The van der Waals surface area contributed by atoms with Gasteiger partial charge in [-0.05, 0) is 37.8 Å². The topological polar surface area (TPSA) is 49.7 Å². The van der Waals surface area contributed by atoms with Gasteiger partial charge in [0, 0.05) is 25.4 Å². The monoisotopic (exact) mass is 327 g/mol. The Bertz CT molecular complexity index is 786. The molecule has 0 bridgehead atoms. The van der Waals surface area contributed by atoms with E-state index in [1.807, 2.05) is 6.20 Å². The van der Waals surface area contributed by atoms with E-state index in [1.165, 1.54) is 29.1 Å². The van der Waals surface area contributed by atoms with Gasteiger partial charge in [-0.1, -0.05) is 6.07 Å². The zero-order valence-corrected chi connectivity index (χ0v) is 14.3. The summed E-state index contributed by atoms with van der Waals surface area (Å²) < 4.78 is 2.17. The van der Waals surface area contributed by atoms with Crippen LogP contribution in [0, 0.1) is 6.92 Å². The lowest BCUT2D eigenvalue weighted by atomic mass is 10.1. The van der Waals surface area contributed by atoms with Crippen LogP contribution in [0.4, 0.5) is 0 Å². The van der Waals surface area contributed by atoms with Crippen LogP contribution >= 0.6 is 11.3 Å². The number of rotatable bonds is 4. The molecule has 0 aliphatic carbocycles. The number of nitrogens with one attached hydrogen (secondary N) is 1. The second kappa shape index (κ2) is 5.94. The average Bonchev–Trinajstić information content (AvgIpc) is 3.27. The van der Waals surface area contributed by atoms with E-state index in [0.29, 0.717) is 6.04 Å². The summed E-state index contributed by atoms with van der Waals surface area (Å²) >= 11 is 1.75. The van der Waals surface area contributed by atoms with E-state index >= 15 is 0 Å². The lowest BCUT2D eigenvalue weighted by Gasteiger charge is -2.24. The lowest BCUT2D eigenvalue weighted by Crippen LogP contribution is -2.24. The van der Waals surface area contributed by atoms with E-state index < -0.39 is 0 Å². The van der Waals surface area contributed by atoms with Crippen LogP contribution in [0.3, 0.4) is 0 Å². The number of hydrogen-bond acceptors (Lipinski definition) is 4. The van der Waals surface area contributed by atoms with Gasteiger partial charge < -0.3 is 4.57 Å². The maximum atomic E-state index is 4.74. The quantitative estimate of drug-likeness (QED) is 0.797. The zero-order chi connectivity index (χ0) is 15.8. The molecule has 1 fully saturated rings. The molecule has 23 heavy (non-hydrogen) atoms. The number of aromatic nitrogens is 4. The molecule has 0 saturated carbocycles. The standard InChI is InChI=1S/C17H21N5S/c1-12-10-21(2)17(19-12)14-5-3-7-22(14)11-13-9-18-20-16(13)15-6-4-8-23-15/h4,6,8-10,14H,3,5,7,11H2,1-2H3,(H,18,20)/t14-/m1/s1. The summed E-state index contributed by atoms with van der Waals surface area (Å²) in [5, 5.41) is 9.55. The Hall–Kier alpha value is -1.92. The molecule has 1 aliphatic rings. The van der Waals surface area contributed by atoms with Gasteiger partial charge in [0.05, 0.1) is 28.5 Å². The molecule has 0 radical (unpaired) electrons. The number of thiophene rings is 1. The number of aryl methyl sites for hydroxylation is 2. The van der Waals surface area contributed by atoms with Gasteiger partial charge in [-0.15, -0.1) is 11.3 Å². The molecule has 4 rings (SSSR count). The van der Waals surface area contributed by atoms with Crippen molar-refractivity contribution in [2.75, 3.05) is 6.54 Å². The van der Waals surface area contributed by atoms with Crippen LogP contribution < -0.4 is 0 Å². The highest BCUT2D eigenvalue weighted by atomic mass is 32.1. The van der Waals surface area contributed by atoms with Gasteiger partial charge >= 0.3 is 0 Å². The van der Waals surface area contributed by atoms with Crippen LogP contribution in [-0.4, -0.2) is 31.2 Å². The number of hydrogen-bond donors (Lipinski definition) is 1. The molecule has 0 spiro atoms. The number of likely N-dealkylation sites (tertiary alicyclic amines) is 1. The van der Waals surface area contributed by atoms with Gasteiger partial charge in [-0.3, -0.25) is 10.00 Å². The SMILES string of the molecule is Cc1cn(C)c([C@H]2CCCN2Cc2cn[nH]c2-c2cccs2)n1. The predicted molar refractivity (Wildman–Crippen MR) is 92.2 cm³/mol. The number of imidazole rings is 1. The van der Waals surface area contributed by atoms with Gasteiger partial charge in [-0.25, -0.2) is 4.98 Å². The van der Waals surface area contributed by atoms with Crippen molar-refractivity contribution in [1.82, 2.24) is 24.6 Å². The average molecular weight is 327 g/mol. The van der Waals surface area contributed by atoms with Crippen molar-refractivity contribution in [3.05, 3.63) is 47.0 Å². The first kappa shape index (κ1) is 14.7. The van der Waals surface area contributed by atoms with E-state index in [-0.39, 0.29) is 0 Å². The largest absolute Gasteiger partial charge is 0.336 e. The molecule has 120 valence electrons. The first-order valence-electron chi connectivity index (χ1n) is 8.02. The zero-order valence-electron chi connectivity index (χ0n) is 13.5. The second-order valence-corrected chi connectivity index (χ2v) is 7.18. The van der Waals surface area contributed by atoms with Crippen molar-refractivity contribution in [2.45, 2.75) is 32.4 Å². The molecule has 4 heterocycles.